The quantitative estimate of drug-likeness (QED) is 0.424. The third-order valence-corrected chi connectivity index (χ3v) is 7.84. The minimum atomic E-state index is 0.0101. The maximum atomic E-state index is 13.6. The Bertz CT molecular complexity index is 1030. The molecule has 2 aromatic carbocycles. The molecule has 1 aromatic heterocycles. The zero-order chi connectivity index (χ0) is 21.6. The van der Waals surface area contributed by atoms with E-state index in [0.29, 0.717) is 12.1 Å². The molecule has 1 amide bonds. The van der Waals surface area contributed by atoms with Crippen molar-refractivity contribution in [2.75, 3.05) is 56.3 Å². The highest BCUT2D eigenvalue weighted by Gasteiger charge is 2.23. The second kappa shape index (κ2) is 10.8. The summed E-state index contributed by atoms with van der Waals surface area (Å²) in [6, 6.07) is 14.2. The van der Waals surface area contributed by atoms with Crippen LogP contribution in [0.15, 0.2) is 52.3 Å². The first-order valence-corrected chi connectivity index (χ1v) is 13.5. The van der Waals surface area contributed by atoms with E-state index in [1.165, 1.54) is 4.90 Å². The van der Waals surface area contributed by atoms with Crippen LogP contribution in [-0.4, -0.2) is 67.2 Å². The lowest BCUT2D eigenvalue weighted by Crippen LogP contribution is -2.43. The summed E-state index contributed by atoms with van der Waals surface area (Å²) in [6.07, 6.45) is 2.07. The zero-order valence-electron chi connectivity index (χ0n) is 17.9. The van der Waals surface area contributed by atoms with Crippen molar-refractivity contribution in [2.45, 2.75) is 16.7 Å². The second-order valence-corrected chi connectivity index (χ2v) is 10.4. The van der Waals surface area contributed by atoms with Crippen LogP contribution in [0, 0.1) is 0 Å². The Morgan fingerprint density at radius 2 is 2.03 bits per heavy atom. The summed E-state index contributed by atoms with van der Waals surface area (Å²) in [6.45, 7) is 6.86. The van der Waals surface area contributed by atoms with E-state index < -0.39 is 0 Å². The lowest BCUT2D eigenvalue weighted by atomic mass is 10.2. The Balaban J connectivity index is 1.63. The standard InChI is InChI=1S/C23H27N3O2S3/c1-3-30-19-6-4-5-17(15-19)22(27)26(10-9-25-11-13-28-14-12-25)23-24-20-8-7-18(29-2)16-21(20)31-23/h4-8,15-16H,3,9-14H2,1-2H3. The van der Waals surface area contributed by atoms with Gasteiger partial charge in [0.2, 0.25) is 0 Å². The summed E-state index contributed by atoms with van der Waals surface area (Å²) in [5, 5.41) is 0.764. The fraction of sp³-hybridized carbons (Fsp3) is 0.391. The molecule has 3 aromatic rings. The zero-order valence-corrected chi connectivity index (χ0v) is 20.3. The van der Waals surface area contributed by atoms with E-state index in [-0.39, 0.29) is 5.91 Å². The molecule has 5 nitrogen and oxygen atoms in total. The van der Waals surface area contributed by atoms with Gasteiger partial charge < -0.3 is 4.74 Å². The molecule has 164 valence electrons. The van der Waals surface area contributed by atoms with Crippen LogP contribution in [0.4, 0.5) is 5.13 Å². The molecule has 0 saturated carbocycles. The van der Waals surface area contributed by atoms with E-state index in [4.69, 9.17) is 9.72 Å². The minimum absolute atomic E-state index is 0.0101. The van der Waals surface area contributed by atoms with Crippen LogP contribution >= 0.6 is 34.9 Å². The molecule has 31 heavy (non-hydrogen) atoms. The molecule has 1 aliphatic rings. The summed E-state index contributed by atoms with van der Waals surface area (Å²) < 4.78 is 6.58. The van der Waals surface area contributed by atoms with Crippen molar-refractivity contribution in [3.63, 3.8) is 0 Å². The van der Waals surface area contributed by atoms with Gasteiger partial charge in [0.05, 0.1) is 23.4 Å². The van der Waals surface area contributed by atoms with Crippen molar-refractivity contribution in [3.8, 4) is 0 Å². The number of aromatic nitrogens is 1. The van der Waals surface area contributed by atoms with E-state index in [0.717, 1.165) is 58.8 Å². The van der Waals surface area contributed by atoms with Gasteiger partial charge in [0.15, 0.2) is 5.13 Å². The van der Waals surface area contributed by atoms with Gasteiger partial charge in [0.1, 0.15) is 0 Å². The molecule has 0 spiro atoms. The molecular weight excluding hydrogens is 446 g/mol. The van der Waals surface area contributed by atoms with Crippen molar-refractivity contribution in [2.24, 2.45) is 0 Å². The molecule has 1 saturated heterocycles. The number of ether oxygens (including phenoxy) is 1. The number of hydrogen-bond donors (Lipinski definition) is 0. The summed E-state index contributed by atoms with van der Waals surface area (Å²) in [5.41, 5.74) is 1.65. The average molecular weight is 474 g/mol. The van der Waals surface area contributed by atoms with Gasteiger partial charge in [-0.1, -0.05) is 24.3 Å². The predicted octanol–water partition coefficient (Wildman–Crippen LogP) is 5.11. The van der Waals surface area contributed by atoms with Gasteiger partial charge in [-0.3, -0.25) is 14.6 Å². The second-order valence-electron chi connectivity index (χ2n) is 7.20. The number of thioether (sulfide) groups is 2. The van der Waals surface area contributed by atoms with Gasteiger partial charge in [-0.15, -0.1) is 23.5 Å². The number of carbonyl (C=O) groups excluding carboxylic acids is 1. The lowest BCUT2D eigenvalue weighted by Gasteiger charge is -2.29. The van der Waals surface area contributed by atoms with Crippen molar-refractivity contribution < 1.29 is 9.53 Å². The van der Waals surface area contributed by atoms with Crippen LogP contribution in [0.2, 0.25) is 0 Å². The maximum Gasteiger partial charge on any atom is 0.260 e. The van der Waals surface area contributed by atoms with Crippen LogP contribution in [-0.2, 0) is 4.74 Å². The SMILES string of the molecule is CCSc1cccc(C(=O)N(CCN2CCOCC2)c2nc3ccc(SC)cc3s2)c1. The summed E-state index contributed by atoms with van der Waals surface area (Å²) in [7, 11) is 0. The Hall–Kier alpha value is -1.58. The minimum Gasteiger partial charge on any atom is -0.379 e. The number of anilines is 1. The van der Waals surface area contributed by atoms with Gasteiger partial charge >= 0.3 is 0 Å². The monoisotopic (exact) mass is 473 g/mol. The van der Waals surface area contributed by atoms with E-state index in [1.54, 1.807) is 34.9 Å². The molecule has 0 radical (unpaired) electrons. The van der Waals surface area contributed by atoms with Crippen LogP contribution in [0.25, 0.3) is 10.2 Å². The van der Waals surface area contributed by atoms with Gasteiger partial charge in [0.25, 0.3) is 5.91 Å². The number of amides is 1. The van der Waals surface area contributed by atoms with Crippen LogP contribution in [0.1, 0.15) is 17.3 Å². The van der Waals surface area contributed by atoms with Crippen LogP contribution < -0.4 is 4.90 Å². The van der Waals surface area contributed by atoms with Gasteiger partial charge in [0, 0.05) is 41.5 Å². The number of thiazole rings is 1. The fourth-order valence-electron chi connectivity index (χ4n) is 3.53. The molecule has 1 aliphatic heterocycles. The lowest BCUT2D eigenvalue weighted by molar-refractivity contribution is 0.0391. The first kappa shape index (κ1) is 22.6. The third-order valence-electron chi connectivity index (χ3n) is 5.20. The van der Waals surface area contributed by atoms with Gasteiger partial charge in [-0.2, -0.15) is 0 Å². The number of benzene rings is 2. The molecule has 0 bridgehead atoms. The number of rotatable bonds is 8. The number of morpholine rings is 1. The maximum absolute atomic E-state index is 13.6. The highest BCUT2D eigenvalue weighted by Crippen LogP contribution is 2.32. The Morgan fingerprint density at radius 1 is 1.19 bits per heavy atom. The largest absolute Gasteiger partial charge is 0.379 e. The summed E-state index contributed by atoms with van der Waals surface area (Å²) >= 11 is 5.06. The Morgan fingerprint density at radius 3 is 2.81 bits per heavy atom. The van der Waals surface area contributed by atoms with Gasteiger partial charge in [-0.25, -0.2) is 4.98 Å². The summed E-state index contributed by atoms with van der Waals surface area (Å²) in [4.78, 5) is 25.0. The first-order valence-electron chi connectivity index (χ1n) is 10.5. The van der Waals surface area contributed by atoms with E-state index in [1.807, 2.05) is 29.2 Å². The van der Waals surface area contributed by atoms with Crippen molar-refractivity contribution in [1.29, 1.82) is 0 Å². The molecule has 0 aliphatic carbocycles. The highest BCUT2D eigenvalue weighted by atomic mass is 32.2. The number of fused-ring (bicyclic) bond motifs is 1. The smallest absolute Gasteiger partial charge is 0.260 e. The molecule has 2 heterocycles. The molecule has 1 fully saturated rings. The molecule has 0 unspecified atom stereocenters. The number of hydrogen-bond acceptors (Lipinski definition) is 7. The average Bonchev–Trinajstić information content (AvgIpc) is 3.23. The van der Waals surface area contributed by atoms with E-state index in [9.17, 15) is 4.79 Å². The molecule has 8 heteroatoms. The summed E-state index contributed by atoms with van der Waals surface area (Å²) in [5.74, 6) is 0.990. The fourth-order valence-corrected chi connectivity index (χ4v) is 5.79. The highest BCUT2D eigenvalue weighted by molar-refractivity contribution is 7.99. The van der Waals surface area contributed by atoms with Gasteiger partial charge in [-0.05, 0) is 48.4 Å². The Kier molecular flexibility index (Phi) is 7.90. The Labute approximate surface area is 196 Å². The molecule has 4 rings (SSSR count). The van der Waals surface area contributed by atoms with Crippen molar-refractivity contribution in [1.82, 2.24) is 9.88 Å². The first-order chi connectivity index (χ1) is 15.2. The van der Waals surface area contributed by atoms with E-state index in [2.05, 4.69) is 36.3 Å². The molecule has 0 atom stereocenters. The molecular formula is C23H27N3O2S3. The van der Waals surface area contributed by atoms with Crippen molar-refractivity contribution >= 4 is 56.1 Å². The number of nitrogens with zero attached hydrogens (tertiary/aromatic N) is 3. The van der Waals surface area contributed by atoms with Crippen LogP contribution in [0.3, 0.4) is 0 Å². The third kappa shape index (κ3) is 5.62. The number of carbonyl (C=O) groups is 1. The van der Waals surface area contributed by atoms with Crippen LogP contribution in [0.5, 0.6) is 0 Å². The van der Waals surface area contributed by atoms with E-state index >= 15 is 0 Å². The molecule has 0 N–H and O–H groups in total. The predicted molar refractivity (Wildman–Crippen MR) is 133 cm³/mol. The van der Waals surface area contributed by atoms with Crippen molar-refractivity contribution in [3.05, 3.63) is 48.0 Å². The normalized spacial score (nSPS) is 14.8. The topological polar surface area (TPSA) is 45.7 Å².